The molecule has 0 unspecified atom stereocenters. The van der Waals surface area contributed by atoms with Crippen molar-refractivity contribution in [1.29, 1.82) is 0 Å². The molecule has 3 rings (SSSR count). The van der Waals surface area contributed by atoms with E-state index in [1.807, 2.05) is 49.3 Å². The van der Waals surface area contributed by atoms with Gasteiger partial charge in [-0.25, -0.2) is 9.97 Å². The molecular formula is C18H20N6O. The summed E-state index contributed by atoms with van der Waals surface area (Å²) in [6.07, 6.45) is 3.49. The zero-order valence-corrected chi connectivity index (χ0v) is 14.2. The van der Waals surface area contributed by atoms with Crippen LogP contribution in [-0.2, 0) is 4.79 Å². The quantitative estimate of drug-likeness (QED) is 0.715. The summed E-state index contributed by atoms with van der Waals surface area (Å²) in [6, 6.07) is 10.0. The van der Waals surface area contributed by atoms with Crippen LogP contribution in [0.2, 0.25) is 0 Å². The van der Waals surface area contributed by atoms with Crippen molar-refractivity contribution in [2.75, 3.05) is 30.9 Å². The molecule has 2 aromatic heterocycles. The van der Waals surface area contributed by atoms with E-state index in [0.717, 1.165) is 22.5 Å². The Morgan fingerprint density at radius 3 is 2.56 bits per heavy atom. The maximum absolute atomic E-state index is 11.0. The molecule has 0 saturated carbocycles. The fourth-order valence-corrected chi connectivity index (χ4v) is 2.48. The van der Waals surface area contributed by atoms with E-state index < -0.39 is 0 Å². The number of amides is 1. The number of hydrogen-bond donors (Lipinski definition) is 2. The molecule has 1 amide bonds. The number of anilines is 2. The minimum atomic E-state index is -0.363. The highest BCUT2D eigenvalue weighted by Gasteiger charge is 2.10. The van der Waals surface area contributed by atoms with E-state index in [2.05, 4.69) is 20.3 Å². The molecule has 3 N–H and O–H groups in total. The monoisotopic (exact) mass is 336 g/mol. The summed E-state index contributed by atoms with van der Waals surface area (Å²) in [4.78, 5) is 26.4. The summed E-state index contributed by atoms with van der Waals surface area (Å²) >= 11 is 0. The average Bonchev–Trinajstić information content (AvgIpc) is 2.61. The Morgan fingerprint density at radius 1 is 1.16 bits per heavy atom. The number of nitrogens with two attached hydrogens (primary N) is 1. The van der Waals surface area contributed by atoms with Crippen LogP contribution in [0.15, 0.2) is 42.7 Å². The molecule has 0 aliphatic heterocycles. The first-order valence-electron chi connectivity index (χ1n) is 7.96. The van der Waals surface area contributed by atoms with Gasteiger partial charge in [-0.3, -0.25) is 9.78 Å². The lowest BCUT2D eigenvalue weighted by atomic mass is 10.1. The molecule has 128 valence electrons. The summed E-state index contributed by atoms with van der Waals surface area (Å²) in [5.74, 6) is 0.233. The van der Waals surface area contributed by atoms with Gasteiger partial charge in [-0.05, 0) is 18.2 Å². The highest BCUT2D eigenvalue weighted by Crippen LogP contribution is 2.26. The van der Waals surface area contributed by atoms with Gasteiger partial charge in [-0.2, -0.15) is 0 Å². The normalized spacial score (nSPS) is 10.6. The minimum Gasteiger partial charge on any atom is -0.378 e. The van der Waals surface area contributed by atoms with Crippen LogP contribution in [0.3, 0.4) is 0 Å². The topological polar surface area (TPSA) is 97.0 Å². The number of hydrogen-bond acceptors (Lipinski definition) is 6. The zero-order valence-electron chi connectivity index (χ0n) is 14.2. The third kappa shape index (κ3) is 3.82. The van der Waals surface area contributed by atoms with Crippen molar-refractivity contribution in [2.24, 2.45) is 5.73 Å². The van der Waals surface area contributed by atoms with Crippen molar-refractivity contribution in [1.82, 2.24) is 15.0 Å². The lowest BCUT2D eigenvalue weighted by molar-refractivity contribution is -0.117. The Bertz CT molecular complexity index is 892. The summed E-state index contributed by atoms with van der Waals surface area (Å²) in [6.45, 7) is 0.400. The van der Waals surface area contributed by atoms with Gasteiger partial charge < -0.3 is 16.0 Å². The number of aromatic nitrogens is 3. The molecule has 0 bridgehead atoms. The Hall–Kier alpha value is -3.22. The molecule has 0 saturated heterocycles. The molecule has 2 heterocycles. The number of rotatable bonds is 6. The Kier molecular flexibility index (Phi) is 4.74. The van der Waals surface area contributed by atoms with Gasteiger partial charge in [-0.1, -0.05) is 12.1 Å². The average molecular weight is 336 g/mol. The van der Waals surface area contributed by atoms with Gasteiger partial charge in [0.15, 0.2) is 5.82 Å². The van der Waals surface area contributed by atoms with Gasteiger partial charge in [0.2, 0.25) is 5.91 Å². The second-order valence-corrected chi connectivity index (χ2v) is 5.86. The highest BCUT2D eigenvalue weighted by atomic mass is 16.1. The van der Waals surface area contributed by atoms with E-state index >= 15 is 0 Å². The summed E-state index contributed by atoms with van der Waals surface area (Å²) in [5.41, 5.74) is 9.50. The van der Waals surface area contributed by atoms with Crippen molar-refractivity contribution in [2.45, 2.75) is 6.42 Å². The lowest BCUT2D eigenvalue weighted by Gasteiger charge is -2.13. The molecule has 25 heavy (non-hydrogen) atoms. The van der Waals surface area contributed by atoms with Crippen molar-refractivity contribution in [3.63, 3.8) is 0 Å². The number of nitrogens with zero attached hydrogens (tertiary/aromatic N) is 4. The fraction of sp³-hybridized carbons (Fsp3) is 0.222. The van der Waals surface area contributed by atoms with Crippen LogP contribution in [0.1, 0.15) is 6.42 Å². The lowest BCUT2D eigenvalue weighted by Crippen LogP contribution is -2.16. The van der Waals surface area contributed by atoms with Crippen molar-refractivity contribution >= 4 is 28.4 Å². The predicted molar refractivity (Wildman–Crippen MR) is 99.4 cm³/mol. The molecule has 7 heteroatoms. The van der Waals surface area contributed by atoms with E-state index in [4.69, 9.17) is 5.73 Å². The molecule has 0 aliphatic carbocycles. The number of benzene rings is 1. The van der Waals surface area contributed by atoms with Crippen LogP contribution < -0.4 is 16.0 Å². The number of fused-ring (bicyclic) bond motifs is 1. The predicted octanol–water partition coefficient (Wildman–Crippen LogP) is 2.05. The number of nitrogens with one attached hydrogen (secondary N) is 1. The third-order valence-corrected chi connectivity index (χ3v) is 3.80. The molecule has 0 radical (unpaired) electrons. The van der Waals surface area contributed by atoms with Crippen LogP contribution in [-0.4, -0.2) is 41.5 Å². The van der Waals surface area contributed by atoms with Crippen molar-refractivity contribution in [3.05, 3.63) is 42.7 Å². The second-order valence-electron chi connectivity index (χ2n) is 5.86. The van der Waals surface area contributed by atoms with Crippen molar-refractivity contribution < 1.29 is 4.79 Å². The van der Waals surface area contributed by atoms with Crippen LogP contribution in [0, 0.1) is 0 Å². The number of carbonyl (C=O) groups is 1. The van der Waals surface area contributed by atoms with Crippen LogP contribution >= 0.6 is 0 Å². The van der Waals surface area contributed by atoms with Gasteiger partial charge in [-0.15, -0.1) is 0 Å². The second kappa shape index (κ2) is 7.12. The summed E-state index contributed by atoms with van der Waals surface area (Å²) in [5, 5.41) is 3.14. The Balaban J connectivity index is 1.99. The van der Waals surface area contributed by atoms with E-state index in [1.165, 1.54) is 0 Å². The first kappa shape index (κ1) is 16.6. The van der Waals surface area contributed by atoms with Gasteiger partial charge in [0.25, 0.3) is 0 Å². The zero-order chi connectivity index (χ0) is 17.8. The maximum Gasteiger partial charge on any atom is 0.219 e. The number of primary amides is 1. The summed E-state index contributed by atoms with van der Waals surface area (Å²) in [7, 11) is 4.00. The number of pyridine rings is 1. The third-order valence-electron chi connectivity index (χ3n) is 3.80. The molecule has 0 atom stereocenters. The Labute approximate surface area is 145 Å². The first-order valence-corrected chi connectivity index (χ1v) is 7.96. The van der Waals surface area contributed by atoms with Crippen LogP contribution in [0.5, 0.6) is 0 Å². The fourth-order valence-electron chi connectivity index (χ4n) is 2.48. The highest BCUT2D eigenvalue weighted by molar-refractivity contribution is 5.88. The van der Waals surface area contributed by atoms with E-state index in [0.29, 0.717) is 17.9 Å². The molecule has 0 spiro atoms. The van der Waals surface area contributed by atoms with E-state index in [-0.39, 0.29) is 12.3 Å². The number of carbonyl (C=O) groups excluding carboxylic acids is 1. The molecule has 0 fully saturated rings. The first-order chi connectivity index (χ1) is 12.0. The molecule has 7 nitrogen and oxygen atoms in total. The van der Waals surface area contributed by atoms with Crippen molar-refractivity contribution in [3.8, 4) is 11.3 Å². The van der Waals surface area contributed by atoms with E-state index in [1.54, 1.807) is 12.4 Å². The van der Waals surface area contributed by atoms with Gasteiger partial charge in [0.05, 0.1) is 11.2 Å². The molecular weight excluding hydrogens is 316 g/mol. The van der Waals surface area contributed by atoms with Crippen LogP contribution in [0.4, 0.5) is 11.5 Å². The minimum absolute atomic E-state index is 0.227. The standard InChI is InChI=1S/C18H20N6O/c1-24(2)13-5-3-12(4-6-13)14-11-15-17(21-10-9-20-15)18(23-14)22-8-7-16(19)25/h3-6,9-11H,7-8H2,1-2H3,(H2,19,25)(H,22,23). The largest absolute Gasteiger partial charge is 0.378 e. The smallest absolute Gasteiger partial charge is 0.219 e. The maximum atomic E-state index is 11.0. The Morgan fingerprint density at radius 2 is 1.88 bits per heavy atom. The SMILES string of the molecule is CN(C)c1ccc(-c2cc3nccnc3c(NCCC(N)=O)n2)cc1. The molecule has 3 aromatic rings. The van der Waals surface area contributed by atoms with Gasteiger partial charge in [0, 0.05) is 50.7 Å². The molecule has 1 aromatic carbocycles. The van der Waals surface area contributed by atoms with Crippen LogP contribution in [0.25, 0.3) is 22.3 Å². The van der Waals surface area contributed by atoms with Gasteiger partial charge in [0.1, 0.15) is 5.52 Å². The molecule has 0 aliphatic rings. The van der Waals surface area contributed by atoms with Gasteiger partial charge >= 0.3 is 0 Å². The van der Waals surface area contributed by atoms with E-state index in [9.17, 15) is 4.79 Å². The summed E-state index contributed by atoms with van der Waals surface area (Å²) < 4.78 is 0.